The van der Waals surface area contributed by atoms with Crippen LogP contribution in [0.5, 0.6) is 0 Å². The fraction of sp³-hybridized carbons (Fsp3) is 0.750. The van der Waals surface area contributed by atoms with E-state index in [1.807, 2.05) is 21.1 Å². The second-order valence-electron chi connectivity index (χ2n) is 14.8. The Morgan fingerprint density at radius 1 is 0.577 bits per heavy atom. The summed E-state index contributed by atoms with van der Waals surface area (Å²) in [5.74, 6) is -1.49. The first-order valence-corrected chi connectivity index (χ1v) is 20.7. The Balaban J connectivity index is 4.40. The maximum Gasteiger partial charge on any atom is 0.362 e. The molecule has 0 rings (SSSR count). The van der Waals surface area contributed by atoms with E-state index in [0.29, 0.717) is 19.3 Å². The second-order valence-corrected chi connectivity index (χ2v) is 14.8. The van der Waals surface area contributed by atoms with E-state index in [1.165, 1.54) is 51.4 Å². The number of ether oxygens (including phenoxy) is 3. The van der Waals surface area contributed by atoms with Gasteiger partial charge in [0.2, 0.25) is 0 Å². The predicted octanol–water partition coefficient (Wildman–Crippen LogP) is 10.9. The molecule has 0 aromatic heterocycles. The average Bonchev–Trinajstić information content (AvgIpc) is 3.09. The maximum atomic E-state index is 12.7. The van der Waals surface area contributed by atoms with Crippen molar-refractivity contribution in [2.45, 2.75) is 174 Å². The average molecular weight is 733 g/mol. The van der Waals surface area contributed by atoms with Crippen LogP contribution in [0, 0.1) is 0 Å². The zero-order valence-electron chi connectivity index (χ0n) is 34.0. The summed E-state index contributed by atoms with van der Waals surface area (Å²) in [7, 11) is 5.51. The fourth-order valence-corrected chi connectivity index (χ4v) is 5.81. The van der Waals surface area contributed by atoms with Crippen molar-refractivity contribution in [1.29, 1.82) is 0 Å². The first-order valence-electron chi connectivity index (χ1n) is 20.7. The van der Waals surface area contributed by atoms with Gasteiger partial charge in [0.05, 0.1) is 34.4 Å². The summed E-state index contributed by atoms with van der Waals surface area (Å²) >= 11 is 0. The van der Waals surface area contributed by atoms with E-state index in [-0.39, 0.29) is 36.2 Å². The molecule has 8 heteroatoms. The molecule has 1 N–H and O–H groups in total. The minimum Gasteiger partial charge on any atom is -0.477 e. The van der Waals surface area contributed by atoms with Gasteiger partial charge in [0.1, 0.15) is 6.61 Å². The van der Waals surface area contributed by atoms with Crippen molar-refractivity contribution in [3.05, 3.63) is 48.6 Å². The number of nitrogens with zero attached hydrogens (tertiary/aromatic N) is 1. The number of carboxylic acid groups (broad SMARTS) is 1. The first-order chi connectivity index (χ1) is 25.1. The summed E-state index contributed by atoms with van der Waals surface area (Å²) < 4.78 is 17.2. The Morgan fingerprint density at radius 2 is 1.02 bits per heavy atom. The molecule has 8 nitrogen and oxygen atoms in total. The standard InChI is InChI=1S/C44H77NO7/c1-6-8-10-12-14-16-18-20-22-24-26-28-30-32-34-42(46)51-39-40(38-50-37-36-41(44(48)49)45(3,4)5)52-43(47)35-33-31-29-27-25-23-21-19-17-15-13-11-9-7-2/h8-11,14-17,40-41H,6-7,12-13,18-39H2,1-5H3/p+1/b10-8+,11-9+,16-14+,17-15+. The summed E-state index contributed by atoms with van der Waals surface area (Å²) in [5, 5.41) is 9.60. The molecule has 0 saturated carbocycles. The van der Waals surface area contributed by atoms with Crippen LogP contribution in [0.15, 0.2) is 48.6 Å². The minimum absolute atomic E-state index is 0.0544. The van der Waals surface area contributed by atoms with Gasteiger partial charge in [-0.1, -0.05) is 127 Å². The summed E-state index contributed by atoms with van der Waals surface area (Å²) in [6, 6.07) is -0.617. The van der Waals surface area contributed by atoms with Crippen molar-refractivity contribution < 1.29 is 38.2 Å². The van der Waals surface area contributed by atoms with Crippen LogP contribution in [0.25, 0.3) is 0 Å². The van der Waals surface area contributed by atoms with Gasteiger partial charge in [0.15, 0.2) is 12.1 Å². The smallest absolute Gasteiger partial charge is 0.362 e. The SMILES string of the molecule is CC/C=C/C/C=C/CCCCCCCCCC(=O)OCC(COCCC(C(=O)O)[N+](C)(C)C)OC(=O)CCCCCCCCC/C=C/C/C=C/CC. The van der Waals surface area contributed by atoms with E-state index in [2.05, 4.69) is 62.5 Å². The van der Waals surface area contributed by atoms with Gasteiger partial charge in [-0.3, -0.25) is 9.59 Å². The predicted molar refractivity (Wildman–Crippen MR) is 215 cm³/mol. The number of rotatable bonds is 36. The molecule has 300 valence electrons. The van der Waals surface area contributed by atoms with E-state index in [9.17, 15) is 19.5 Å². The number of likely N-dealkylation sites (N-methyl/N-ethyl adjacent to an activating group) is 1. The highest BCUT2D eigenvalue weighted by Crippen LogP contribution is 2.14. The molecule has 0 aromatic carbocycles. The van der Waals surface area contributed by atoms with Gasteiger partial charge in [0, 0.05) is 19.3 Å². The normalized spacial score (nSPS) is 13.5. The Bertz CT molecular complexity index is 995. The van der Waals surface area contributed by atoms with Gasteiger partial charge in [0.25, 0.3) is 0 Å². The molecular formula is C44H78NO7+. The molecule has 0 fully saturated rings. The number of carboxylic acids is 1. The molecule has 0 radical (unpaired) electrons. The molecule has 0 aromatic rings. The van der Waals surface area contributed by atoms with Crippen LogP contribution in [0.1, 0.15) is 162 Å². The quantitative estimate of drug-likeness (QED) is 0.0296. The topological polar surface area (TPSA) is 99.1 Å². The molecule has 2 atom stereocenters. The number of allylic oxidation sites excluding steroid dienone is 8. The summed E-state index contributed by atoms with van der Waals surface area (Å²) in [4.78, 5) is 36.9. The lowest BCUT2D eigenvalue weighted by atomic mass is 10.1. The highest BCUT2D eigenvalue weighted by atomic mass is 16.6. The highest BCUT2D eigenvalue weighted by molar-refractivity contribution is 5.72. The second kappa shape index (κ2) is 35.3. The number of carbonyl (C=O) groups is 3. The number of esters is 2. The molecule has 0 aliphatic heterocycles. The molecule has 0 spiro atoms. The lowest BCUT2D eigenvalue weighted by Gasteiger charge is -2.31. The van der Waals surface area contributed by atoms with Crippen molar-refractivity contribution in [3.63, 3.8) is 0 Å². The molecule has 0 amide bonds. The molecule has 0 bridgehead atoms. The number of aliphatic carboxylic acids is 1. The summed E-state index contributed by atoms with van der Waals surface area (Å²) in [5.41, 5.74) is 0. The van der Waals surface area contributed by atoms with Crippen LogP contribution >= 0.6 is 0 Å². The highest BCUT2D eigenvalue weighted by Gasteiger charge is 2.31. The third-order valence-electron chi connectivity index (χ3n) is 8.97. The van der Waals surface area contributed by atoms with Crippen molar-refractivity contribution in [2.75, 3.05) is 41.0 Å². The molecule has 0 saturated heterocycles. The van der Waals surface area contributed by atoms with Crippen LogP contribution in [0.2, 0.25) is 0 Å². The van der Waals surface area contributed by atoms with Crippen LogP contribution in [0.3, 0.4) is 0 Å². The number of quaternary nitrogens is 1. The lowest BCUT2D eigenvalue weighted by molar-refractivity contribution is -0.887. The summed E-state index contributed by atoms with van der Waals surface area (Å²) in [6.07, 6.45) is 40.1. The van der Waals surface area contributed by atoms with Crippen molar-refractivity contribution in [1.82, 2.24) is 0 Å². The van der Waals surface area contributed by atoms with E-state index >= 15 is 0 Å². The van der Waals surface area contributed by atoms with Crippen molar-refractivity contribution >= 4 is 17.9 Å². The molecule has 0 heterocycles. The van der Waals surface area contributed by atoms with Crippen molar-refractivity contribution in [2.24, 2.45) is 0 Å². The van der Waals surface area contributed by atoms with Crippen LogP contribution < -0.4 is 0 Å². The third-order valence-corrected chi connectivity index (χ3v) is 8.97. The third kappa shape index (κ3) is 33.1. The largest absolute Gasteiger partial charge is 0.477 e. The van der Waals surface area contributed by atoms with Crippen LogP contribution in [0.4, 0.5) is 0 Å². The molecular weight excluding hydrogens is 654 g/mol. The van der Waals surface area contributed by atoms with E-state index in [1.54, 1.807) is 0 Å². The van der Waals surface area contributed by atoms with E-state index in [4.69, 9.17) is 14.2 Å². The minimum atomic E-state index is -0.879. The molecule has 0 aliphatic carbocycles. The Labute approximate surface area is 318 Å². The van der Waals surface area contributed by atoms with Gasteiger partial charge < -0.3 is 23.8 Å². The molecule has 2 unspecified atom stereocenters. The van der Waals surface area contributed by atoms with Gasteiger partial charge in [-0.05, 0) is 64.2 Å². The van der Waals surface area contributed by atoms with Crippen LogP contribution in [-0.2, 0) is 28.6 Å². The monoisotopic (exact) mass is 733 g/mol. The Hall–Kier alpha value is -2.71. The van der Waals surface area contributed by atoms with Crippen LogP contribution in [-0.4, -0.2) is 80.6 Å². The van der Waals surface area contributed by atoms with Crippen molar-refractivity contribution in [3.8, 4) is 0 Å². The number of hydrogen-bond acceptors (Lipinski definition) is 6. The molecule has 0 aliphatic rings. The van der Waals surface area contributed by atoms with Gasteiger partial charge in [-0.15, -0.1) is 0 Å². The molecule has 52 heavy (non-hydrogen) atoms. The van der Waals surface area contributed by atoms with Gasteiger partial charge in [-0.2, -0.15) is 0 Å². The maximum absolute atomic E-state index is 12.7. The Morgan fingerprint density at radius 3 is 1.48 bits per heavy atom. The number of carbonyl (C=O) groups excluding carboxylic acids is 2. The first kappa shape index (κ1) is 49.3. The van der Waals surface area contributed by atoms with Gasteiger partial charge >= 0.3 is 17.9 Å². The lowest BCUT2D eigenvalue weighted by Crippen LogP contribution is -2.50. The number of unbranched alkanes of at least 4 members (excludes halogenated alkanes) is 14. The zero-order chi connectivity index (χ0) is 38.5. The van der Waals surface area contributed by atoms with E-state index in [0.717, 1.165) is 77.0 Å². The summed E-state index contributed by atoms with van der Waals surface area (Å²) in [6.45, 7) is 4.50. The van der Waals surface area contributed by atoms with E-state index < -0.39 is 18.1 Å². The van der Waals surface area contributed by atoms with Gasteiger partial charge in [-0.25, -0.2) is 4.79 Å². The fourth-order valence-electron chi connectivity index (χ4n) is 5.81. The number of hydrogen-bond donors (Lipinski definition) is 1. The Kier molecular flexibility index (Phi) is 33.5. The zero-order valence-corrected chi connectivity index (χ0v) is 34.0.